The number of thioether (sulfide) groups is 1. The molecule has 2 nitrogen and oxygen atoms in total. The number of carboxylic acid groups (broad SMARTS) is 1. The molecule has 3 heteroatoms. The molecule has 0 heterocycles. The monoisotopic (exact) mass is 270 g/mol. The molecule has 3 unspecified atom stereocenters. The van der Waals surface area contributed by atoms with Gasteiger partial charge in [0.1, 0.15) is 0 Å². The second-order valence-corrected chi connectivity index (χ2v) is 7.33. The predicted molar refractivity (Wildman–Crippen MR) is 77.0 cm³/mol. The van der Waals surface area contributed by atoms with Crippen molar-refractivity contribution in [1.29, 1.82) is 0 Å². The second kappa shape index (κ2) is 6.83. The van der Waals surface area contributed by atoms with Gasteiger partial charge in [0.05, 0.1) is 5.92 Å². The van der Waals surface area contributed by atoms with Crippen LogP contribution in [0.15, 0.2) is 0 Å². The number of hydrogen-bond acceptors (Lipinski definition) is 2. The Morgan fingerprint density at radius 1 is 1.17 bits per heavy atom. The maximum absolute atomic E-state index is 11.3. The van der Waals surface area contributed by atoms with Crippen LogP contribution in [0.25, 0.3) is 0 Å². The Kier molecular flexibility index (Phi) is 5.40. The highest BCUT2D eigenvalue weighted by atomic mass is 32.2. The molecule has 0 radical (unpaired) electrons. The largest absolute Gasteiger partial charge is 0.481 e. The van der Waals surface area contributed by atoms with Crippen molar-refractivity contribution in [3.63, 3.8) is 0 Å². The van der Waals surface area contributed by atoms with E-state index in [2.05, 4.69) is 6.92 Å². The van der Waals surface area contributed by atoms with Gasteiger partial charge in [0.2, 0.25) is 0 Å². The van der Waals surface area contributed by atoms with Crippen LogP contribution in [0.1, 0.15) is 58.3 Å². The van der Waals surface area contributed by atoms with Crippen LogP contribution < -0.4 is 0 Å². The van der Waals surface area contributed by atoms with E-state index in [0.717, 1.165) is 31.1 Å². The molecule has 2 fully saturated rings. The fourth-order valence-corrected chi connectivity index (χ4v) is 5.23. The zero-order chi connectivity index (χ0) is 13.0. The molecule has 0 aliphatic heterocycles. The summed E-state index contributed by atoms with van der Waals surface area (Å²) in [7, 11) is 0. The number of aliphatic carboxylic acids is 1. The minimum absolute atomic E-state index is 0.0841. The van der Waals surface area contributed by atoms with Gasteiger partial charge in [0.15, 0.2) is 0 Å². The summed E-state index contributed by atoms with van der Waals surface area (Å²) in [5, 5.41) is 9.72. The third-order valence-corrected chi connectivity index (χ3v) is 6.43. The molecule has 2 aliphatic carbocycles. The standard InChI is InChI=1S/C15H26O2S/c1-2-11-7-8-13(15(16)17)14(9-11)18-10-12-5-3-4-6-12/h11-14H,2-10H2,1H3,(H,16,17). The van der Waals surface area contributed by atoms with E-state index >= 15 is 0 Å². The van der Waals surface area contributed by atoms with Crippen LogP contribution in [0, 0.1) is 17.8 Å². The lowest BCUT2D eigenvalue weighted by Crippen LogP contribution is -2.33. The van der Waals surface area contributed by atoms with Gasteiger partial charge in [-0.05, 0) is 49.7 Å². The summed E-state index contributed by atoms with van der Waals surface area (Å²) in [6.07, 6.45) is 9.87. The van der Waals surface area contributed by atoms with E-state index in [1.165, 1.54) is 37.9 Å². The van der Waals surface area contributed by atoms with Crippen LogP contribution in [0.2, 0.25) is 0 Å². The van der Waals surface area contributed by atoms with Crippen molar-refractivity contribution < 1.29 is 9.90 Å². The fourth-order valence-electron chi connectivity index (χ4n) is 3.49. The molecular formula is C15H26O2S. The number of hydrogen-bond donors (Lipinski definition) is 1. The molecule has 0 amide bonds. The maximum Gasteiger partial charge on any atom is 0.307 e. The molecule has 1 N–H and O–H groups in total. The third kappa shape index (κ3) is 3.66. The average Bonchev–Trinajstić information content (AvgIpc) is 2.88. The first-order chi connectivity index (χ1) is 8.70. The normalized spacial score (nSPS) is 33.7. The minimum Gasteiger partial charge on any atom is -0.481 e. The Bertz CT molecular complexity index is 274. The molecule has 3 atom stereocenters. The van der Waals surface area contributed by atoms with Crippen LogP contribution in [-0.2, 0) is 4.79 Å². The van der Waals surface area contributed by atoms with E-state index in [1.807, 2.05) is 11.8 Å². The number of carbonyl (C=O) groups is 1. The first-order valence-electron chi connectivity index (χ1n) is 7.55. The summed E-state index contributed by atoms with van der Waals surface area (Å²) >= 11 is 1.97. The topological polar surface area (TPSA) is 37.3 Å². The smallest absolute Gasteiger partial charge is 0.307 e. The SMILES string of the molecule is CCC1CCC(C(=O)O)C(SCC2CCCC2)C1. The van der Waals surface area contributed by atoms with Gasteiger partial charge in [-0.3, -0.25) is 4.79 Å². The van der Waals surface area contributed by atoms with Gasteiger partial charge in [0.25, 0.3) is 0 Å². The number of rotatable bonds is 5. The van der Waals surface area contributed by atoms with Crippen molar-refractivity contribution in [3.05, 3.63) is 0 Å². The Hall–Kier alpha value is -0.180. The highest BCUT2D eigenvalue weighted by Gasteiger charge is 2.35. The van der Waals surface area contributed by atoms with Crippen molar-refractivity contribution in [2.45, 2.75) is 63.5 Å². The van der Waals surface area contributed by atoms with Crippen molar-refractivity contribution in [2.75, 3.05) is 5.75 Å². The molecule has 0 bridgehead atoms. The first kappa shape index (κ1) is 14.2. The van der Waals surface area contributed by atoms with Crippen molar-refractivity contribution in [1.82, 2.24) is 0 Å². The summed E-state index contributed by atoms with van der Waals surface area (Å²) in [6, 6.07) is 0. The minimum atomic E-state index is -0.562. The lowest BCUT2D eigenvalue weighted by atomic mass is 9.80. The zero-order valence-electron chi connectivity index (χ0n) is 11.4. The molecule has 2 aliphatic rings. The molecule has 2 saturated carbocycles. The quantitative estimate of drug-likeness (QED) is 0.814. The Morgan fingerprint density at radius 2 is 1.89 bits per heavy atom. The average molecular weight is 270 g/mol. The van der Waals surface area contributed by atoms with Gasteiger partial charge in [-0.1, -0.05) is 26.2 Å². The zero-order valence-corrected chi connectivity index (χ0v) is 12.3. The van der Waals surface area contributed by atoms with E-state index < -0.39 is 5.97 Å². The first-order valence-corrected chi connectivity index (χ1v) is 8.60. The van der Waals surface area contributed by atoms with Gasteiger partial charge >= 0.3 is 5.97 Å². The van der Waals surface area contributed by atoms with Gasteiger partial charge in [0, 0.05) is 5.25 Å². The molecule has 18 heavy (non-hydrogen) atoms. The van der Waals surface area contributed by atoms with Gasteiger partial charge in [-0.15, -0.1) is 0 Å². The van der Waals surface area contributed by atoms with E-state index in [9.17, 15) is 9.90 Å². The summed E-state index contributed by atoms with van der Waals surface area (Å²) < 4.78 is 0. The lowest BCUT2D eigenvalue weighted by Gasteiger charge is -2.33. The van der Waals surface area contributed by atoms with E-state index in [1.54, 1.807) is 0 Å². The Labute approximate surface area is 115 Å². The highest BCUT2D eigenvalue weighted by Crippen LogP contribution is 2.40. The Balaban J connectivity index is 1.85. The molecule has 0 spiro atoms. The van der Waals surface area contributed by atoms with Gasteiger partial charge < -0.3 is 5.11 Å². The third-order valence-electron chi connectivity index (χ3n) is 4.82. The molecule has 104 valence electrons. The van der Waals surface area contributed by atoms with E-state index in [-0.39, 0.29) is 5.92 Å². The molecule has 0 aromatic rings. The highest BCUT2D eigenvalue weighted by molar-refractivity contribution is 7.99. The molecule has 2 rings (SSSR count). The second-order valence-electron chi connectivity index (χ2n) is 6.05. The van der Waals surface area contributed by atoms with Crippen LogP contribution in [-0.4, -0.2) is 22.1 Å². The lowest BCUT2D eigenvalue weighted by molar-refractivity contribution is -0.142. The molecule has 0 aromatic carbocycles. The van der Waals surface area contributed by atoms with Gasteiger partial charge in [-0.25, -0.2) is 0 Å². The fraction of sp³-hybridized carbons (Fsp3) is 0.933. The van der Waals surface area contributed by atoms with Crippen molar-refractivity contribution in [3.8, 4) is 0 Å². The van der Waals surface area contributed by atoms with Crippen LogP contribution in [0.3, 0.4) is 0 Å². The molecule has 0 saturated heterocycles. The molecule has 0 aromatic heterocycles. The van der Waals surface area contributed by atoms with Crippen molar-refractivity contribution >= 4 is 17.7 Å². The van der Waals surface area contributed by atoms with Gasteiger partial charge in [-0.2, -0.15) is 11.8 Å². The predicted octanol–water partition coefficient (Wildman–Crippen LogP) is 4.19. The van der Waals surface area contributed by atoms with Crippen LogP contribution in [0.5, 0.6) is 0 Å². The Morgan fingerprint density at radius 3 is 2.50 bits per heavy atom. The van der Waals surface area contributed by atoms with Crippen LogP contribution in [0.4, 0.5) is 0 Å². The summed E-state index contributed by atoms with van der Waals surface area (Å²) in [5.74, 6) is 2.19. The summed E-state index contributed by atoms with van der Waals surface area (Å²) in [6.45, 7) is 2.24. The summed E-state index contributed by atoms with van der Waals surface area (Å²) in [5.41, 5.74) is 0. The maximum atomic E-state index is 11.3. The van der Waals surface area contributed by atoms with E-state index in [4.69, 9.17) is 0 Å². The van der Waals surface area contributed by atoms with E-state index in [0.29, 0.717) is 5.25 Å². The van der Waals surface area contributed by atoms with Crippen molar-refractivity contribution in [2.24, 2.45) is 17.8 Å². The summed E-state index contributed by atoms with van der Waals surface area (Å²) in [4.78, 5) is 11.3. The number of carboxylic acids is 1. The molecular weight excluding hydrogens is 244 g/mol. The van der Waals surface area contributed by atoms with Crippen LogP contribution >= 0.6 is 11.8 Å².